The second kappa shape index (κ2) is 6.64. The van der Waals surface area contributed by atoms with Crippen LogP contribution in [0, 0.1) is 6.92 Å². The summed E-state index contributed by atoms with van der Waals surface area (Å²) in [6, 6.07) is 11.1. The van der Waals surface area contributed by atoms with Crippen LogP contribution < -0.4 is 5.32 Å². The van der Waals surface area contributed by atoms with E-state index in [4.69, 9.17) is 4.42 Å². The van der Waals surface area contributed by atoms with Gasteiger partial charge in [0, 0.05) is 31.1 Å². The van der Waals surface area contributed by atoms with Crippen molar-refractivity contribution in [2.75, 3.05) is 6.54 Å². The summed E-state index contributed by atoms with van der Waals surface area (Å²) in [5, 5.41) is 3.14. The van der Waals surface area contributed by atoms with Crippen molar-refractivity contribution in [2.24, 2.45) is 0 Å². The number of carbonyl (C=O) groups excluding carboxylic acids is 1. The summed E-state index contributed by atoms with van der Waals surface area (Å²) >= 11 is 0. The van der Waals surface area contributed by atoms with E-state index in [1.165, 1.54) is 5.56 Å². The van der Waals surface area contributed by atoms with Gasteiger partial charge in [0.2, 0.25) is 5.76 Å². The van der Waals surface area contributed by atoms with Crippen LogP contribution >= 0.6 is 0 Å². The van der Waals surface area contributed by atoms with Crippen molar-refractivity contribution in [1.29, 1.82) is 0 Å². The Morgan fingerprint density at radius 1 is 1.32 bits per heavy atom. The quantitative estimate of drug-likeness (QED) is 0.908. The Morgan fingerprint density at radius 2 is 2.08 bits per heavy atom. The van der Waals surface area contributed by atoms with Crippen LogP contribution in [0.15, 0.2) is 34.7 Å². The van der Waals surface area contributed by atoms with E-state index in [1.54, 1.807) is 0 Å². The van der Waals surface area contributed by atoms with Gasteiger partial charge >= 0.3 is 0 Å². The second-order valence-corrected chi connectivity index (χ2v) is 7.41. The molecule has 1 aromatic carbocycles. The van der Waals surface area contributed by atoms with Gasteiger partial charge in [-0.05, 0) is 38.7 Å². The molecule has 1 aliphatic heterocycles. The van der Waals surface area contributed by atoms with Crippen molar-refractivity contribution in [3.8, 4) is 0 Å². The number of aromatic nitrogens is 1. The van der Waals surface area contributed by atoms with Gasteiger partial charge in [-0.1, -0.05) is 30.3 Å². The lowest BCUT2D eigenvalue weighted by atomic mass is 10.2. The van der Waals surface area contributed by atoms with Crippen molar-refractivity contribution >= 4 is 5.91 Å². The number of carbonyl (C=O) groups is 1. The fourth-order valence-corrected chi connectivity index (χ4v) is 3.63. The highest BCUT2D eigenvalue weighted by Gasteiger charge is 2.33. The number of hydrogen-bond donors (Lipinski definition) is 1. The molecule has 1 N–H and O–H groups in total. The minimum Gasteiger partial charge on any atom is -0.435 e. The van der Waals surface area contributed by atoms with Crippen molar-refractivity contribution in [2.45, 2.75) is 57.7 Å². The number of rotatable bonds is 5. The molecule has 132 valence electrons. The van der Waals surface area contributed by atoms with E-state index in [1.807, 2.05) is 13.0 Å². The number of oxazole rings is 1. The molecule has 5 heteroatoms. The Hall–Kier alpha value is -2.14. The Kier molecular flexibility index (Phi) is 4.34. The van der Waals surface area contributed by atoms with Crippen LogP contribution in [0.3, 0.4) is 0 Å². The first-order valence-corrected chi connectivity index (χ1v) is 9.16. The van der Waals surface area contributed by atoms with Gasteiger partial charge in [-0.25, -0.2) is 4.98 Å². The molecule has 25 heavy (non-hydrogen) atoms. The Bertz CT molecular complexity index is 752. The van der Waals surface area contributed by atoms with Crippen molar-refractivity contribution in [3.63, 3.8) is 0 Å². The van der Waals surface area contributed by atoms with Crippen LogP contribution in [0.5, 0.6) is 0 Å². The molecule has 1 aromatic heterocycles. The van der Waals surface area contributed by atoms with E-state index in [9.17, 15) is 4.79 Å². The molecule has 1 amide bonds. The van der Waals surface area contributed by atoms with Crippen LogP contribution in [-0.4, -0.2) is 34.4 Å². The Balaban J connectivity index is 1.37. The maximum absolute atomic E-state index is 12.6. The summed E-state index contributed by atoms with van der Waals surface area (Å²) in [5.74, 6) is 1.41. The minimum atomic E-state index is -0.129. The standard InChI is InChI=1S/C20H25N3O2/c1-13-10-17(12-23(13)11-15-6-4-3-5-7-15)22-19(24)18-14(2)21-20(25-18)16-8-9-16/h3-7,13,16-17H,8-12H2,1-2H3,(H,22,24)/t13-,17+/m1/s1. The summed E-state index contributed by atoms with van der Waals surface area (Å²) < 4.78 is 5.72. The number of benzene rings is 1. The van der Waals surface area contributed by atoms with Gasteiger partial charge in [-0.2, -0.15) is 0 Å². The average Bonchev–Trinajstić information content (AvgIpc) is 3.29. The molecule has 0 unspecified atom stereocenters. The summed E-state index contributed by atoms with van der Waals surface area (Å²) in [4.78, 5) is 19.4. The molecule has 1 saturated heterocycles. The van der Waals surface area contributed by atoms with Crippen molar-refractivity contribution in [3.05, 3.63) is 53.2 Å². The molecule has 2 aromatic rings. The summed E-state index contributed by atoms with van der Waals surface area (Å²) in [5.41, 5.74) is 2.01. The zero-order valence-electron chi connectivity index (χ0n) is 14.9. The van der Waals surface area contributed by atoms with Gasteiger partial charge in [0.1, 0.15) is 0 Å². The first kappa shape index (κ1) is 16.3. The zero-order valence-corrected chi connectivity index (χ0v) is 14.9. The van der Waals surface area contributed by atoms with E-state index >= 15 is 0 Å². The molecule has 4 rings (SSSR count). The van der Waals surface area contributed by atoms with E-state index in [-0.39, 0.29) is 11.9 Å². The van der Waals surface area contributed by atoms with E-state index in [2.05, 4.69) is 46.4 Å². The zero-order chi connectivity index (χ0) is 17.4. The van der Waals surface area contributed by atoms with Crippen LogP contribution in [-0.2, 0) is 6.54 Å². The number of likely N-dealkylation sites (tertiary alicyclic amines) is 1. The minimum absolute atomic E-state index is 0.129. The topological polar surface area (TPSA) is 58.4 Å². The maximum atomic E-state index is 12.6. The first-order chi connectivity index (χ1) is 12.1. The monoisotopic (exact) mass is 339 g/mol. The van der Waals surface area contributed by atoms with Crippen molar-refractivity contribution < 1.29 is 9.21 Å². The third-order valence-electron chi connectivity index (χ3n) is 5.21. The Morgan fingerprint density at radius 3 is 2.80 bits per heavy atom. The van der Waals surface area contributed by atoms with Crippen LogP contribution in [0.25, 0.3) is 0 Å². The van der Waals surface area contributed by atoms with Crippen LogP contribution in [0.1, 0.15) is 59.8 Å². The van der Waals surface area contributed by atoms with E-state index in [0.717, 1.165) is 38.2 Å². The highest BCUT2D eigenvalue weighted by molar-refractivity contribution is 5.92. The molecule has 2 aliphatic rings. The summed E-state index contributed by atoms with van der Waals surface area (Å²) in [6.07, 6.45) is 3.20. The molecule has 0 radical (unpaired) electrons. The molecule has 1 saturated carbocycles. The molecule has 1 aliphatic carbocycles. The molecule has 0 spiro atoms. The van der Waals surface area contributed by atoms with Gasteiger partial charge in [-0.3, -0.25) is 9.69 Å². The largest absolute Gasteiger partial charge is 0.435 e. The lowest BCUT2D eigenvalue weighted by Gasteiger charge is -2.20. The fraction of sp³-hybridized carbons (Fsp3) is 0.500. The predicted molar refractivity (Wildman–Crippen MR) is 95.4 cm³/mol. The Labute approximate surface area is 148 Å². The van der Waals surface area contributed by atoms with E-state index < -0.39 is 0 Å². The van der Waals surface area contributed by atoms with Crippen LogP contribution in [0.4, 0.5) is 0 Å². The van der Waals surface area contributed by atoms with Crippen molar-refractivity contribution in [1.82, 2.24) is 15.2 Å². The summed E-state index contributed by atoms with van der Waals surface area (Å²) in [7, 11) is 0. The lowest BCUT2D eigenvalue weighted by Crippen LogP contribution is -2.37. The van der Waals surface area contributed by atoms with Gasteiger partial charge in [0.05, 0.1) is 5.69 Å². The van der Waals surface area contributed by atoms with E-state index in [0.29, 0.717) is 23.4 Å². The SMILES string of the molecule is Cc1nc(C2CC2)oc1C(=O)N[C@H]1C[C@@H](C)N(Cc2ccccc2)C1. The molecular weight excluding hydrogens is 314 g/mol. The van der Waals surface area contributed by atoms with Gasteiger partial charge < -0.3 is 9.73 Å². The number of aryl methyl sites for hydroxylation is 1. The number of nitrogens with zero attached hydrogens (tertiary/aromatic N) is 2. The van der Waals surface area contributed by atoms with Crippen LogP contribution in [0.2, 0.25) is 0 Å². The lowest BCUT2D eigenvalue weighted by molar-refractivity contribution is 0.0907. The first-order valence-electron chi connectivity index (χ1n) is 9.16. The number of nitrogens with one attached hydrogen (secondary N) is 1. The fourth-order valence-electron chi connectivity index (χ4n) is 3.63. The second-order valence-electron chi connectivity index (χ2n) is 7.41. The predicted octanol–water partition coefficient (Wildman–Crippen LogP) is 3.25. The van der Waals surface area contributed by atoms with Gasteiger partial charge in [0.25, 0.3) is 5.91 Å². The number of hydrogen-bond acceptors (Lipinski definition) is 4. The molecular formula is C20H25N3O2. The average molecular weight is 339 g/mol. The highest BCUT2D eigenvalue weighted by atomic mass is 16.4. The third kappa shape index (κ3) is 3.61. The molecule has 5 nitrogen and oxygen atoms in total. The molecule has 2 atom stereocenters. The molecule has 0 bridgehead atoms. The smallest absolute Gasteiger partial charge is 0.289 e. The molecule has 2 fully saturated rings. The maximum Gasteiger partial charge on any atom is 0.289 e. The van der Waals surface area contributed by atoms with Gasteiger partial charge in [0.15, 0.2) is 5.89 Å². The highest BCUT2D eigenvalue weighted by Crippen LogP contribution is 2.40. The van der Waals surface area contributed by atoms with Gasteiger partial charge in [-0.15, -0.1) is 0 Å². The molecule has 2 heterocycles. The number of amides is 1. The summed E-state index contributed by atoms with van der Waals surface area (Å²) in [6.45, 7) is 5.86. The third-order valence-corrected chi connectivity index (χ3v) is 5.21. The normalized spacial score (nSPS) is 23.8.